The fourth-order valence-electron chi connectivity index (χ4n) is 2.74. The van der Waals surface area contributed by atoms with Crippen LogP contribution in [-0.4, -0.2) is 29.0 Å². The average molecular weight is 327 g/mol. The van der Waals surface area contributed by atoms with Gasteiger partial charge in [-0.3, -0.25) is 15.1 Å². The Balaban J connectivity index is 1.84. The van der Waals surface area contributed by atoms with Gasteiger partial charge in [-0.15, -0.1) is 0 Å². The van der Waals surface area contributed by atoms with Crippen molar-refractivity contribution >= 4 is 17.3 Å². The third-order valence-electron chi connectivity index (χ3n) is 3.93. The van der Waals surface area contributed by atoms with Gasteiger partial charge in [-0.2, -0.15) is 0 Å². The summed E-state index contributed by atoms with van der Waals surface area (Å²) >= 11 is 0. The van der Waals surface area contributed by atoms with Gasteiger partial charge in [0.1, 0.15) is 6.61 Å². The van der Waals surface area contributed by atoms with E-state index in [-0.39, 0.29) is 17.9 Å². The van der Waals surface area contributed by atoms with Crippen molar-refractivity contribution in [3.8, 4) is 0 Å². The summed E-state index contributed by atoms with van der Waals surface area (Å²) in [4.78, 5) is 29.1. The van der Waals surface area contributed by atoms with Crippen molar-refractivity contribution in [3.63, 3.8) is 0 Å². The van der Waals surface area contributed by atoms with Gasteiger partial charge in [0.15, 0.2) is 0 Å². The molecular formula is C17H17N3O4. The van der Waals surface area contributed by atoms with Gasteiger partial charge in [-0.05, 0) is 31.0 Å². The van der Waals surface area contributed by atoms with Crippen LogP contribution in [0.3, 0.4) is 0 Å². The standard InChI is InChI=1S/C17H17N3O4/c21-17(24-12-13-5-1-2-8-18-13)15-11-14(20(22)23)6-7-16(15)19-9-3-4-10-19/h1-2,5-8,11H,3-4,9-10,12H2. The normalized spacial score (nSPS) is 13.8. The summed E-state index contributed by atoms with van der Waals surface area (Å²) in [5, 5.41) is 11.0. The van der Waals surface area contributed by atoms with Crippen LogP contribution < -0.4 is 4.90 Å². The summed E-state index contributed by atoms with van der Waals surface area (Å²) < 4.78 is 5.30. The monoisotopic (exact) mass is 327 g/mol. The number of carbonyl (C=O) groups is 1. The van der Waals surface area contributed by atoms with Crippen LogP contribution in [0.15, 0.2) is 42.6 Å². The van der Waals surface area contributed by atoms with E-state index in [1.54, 1.807) is 30.5 Å². The molecule has 0 saturated carbocycles. The van der Waals surface area contributed by atoms with Crippen molar-refractivity contribution in [2.24, 2.45) is 0 Å². The zero-order chi connectivity index (χ0) is 16.9. The molecule has 124 valence electrons. The van der Waals surface area contributed by atoms with E-state index in [0.717, 1.165) is 25.9 Å². The van der Waals surface area contributed by atoms with Crippen LogP contribution >= 0.6 is 0 Å². The molecule has 0 bridgehead atoms. The minimum atomic E-state index is -0.578. The Hall–Kier alpha value is -2.96. The van der Waals surface area contributed by atoms with Crippen LogP contribution in [0.1, 0.15) is 28.9 Å². The second-order valence-electron chi connectivity index (χ2n) is 5.55. The highest BCUT2D eigenvalue weighted by molar-refractivity contribution is 5.96. The van der Waals surface area contributed by atoms with E-state index in [2.05, 4.69) is 9.88 Å². The lowest BCUT2D eigenvalue weighted by atomic mass is 10.1. The van der Waals surface area contributed by atoms with Gasteiger partial charge in [0.2, 0.25) is 0 Å². The van der Waals surface area contributed by atoms with Crippen LogP contribution in [0, 0.1) is 10.1 Å². The van der Waals surface area contributed by atoms with Gasteiger partial charge in [-0.1, -0.05) is 6.07 Å². The highest BCUT2D eigenvalue weighted by Crippen LogP contribution is 2.29. The number of carbonyl (C=O) groups excluding carboxylic acids is 1. The molecule has 0 N–H and O–H groups in total. The summed E-state index contributed by atoms with van der Waals surface area (Å²) in [5.74, 6) is -0.578. The molecule has 1 aromatic heterocycles. The molecule has 0 unspecified atom stereocenters. The van der Waals surface area contributed by atoms with E-state index >= 15 is 0 Å². The molecule has 24 heavy (non-hydrogen) atoms. The molecule has 0 spiro atoms. The van der Waals surface area contributed by atoms with Crippen LogP contribution in [-0.2, 0) is 11.3 Å². The number of nitro groups is 1. The summed E-state index contributed by atoms with van der Waals surface area (Å²) in [6.07, 6.45) is 3.70. The Morgan fingerprint density at radius 2 is 2.04 bits per heavy atom. The molecule has 1 aromatic carbocycles. The maximum Gasteiger partial charge on any atom is 0.340 e. The minimum absolute atomic E-state index is 0.0296. The average Bonchev–Trinajstić information content (AvgIpc) is 3.14. The number of rotatable bonds is 5. The highest BCUT2D eigenvalue weighted by atomic mass is 16.6. The predicted molar refractivity (Wildman–Crippen MR) is 87.9 cm³/mol. The van der Waals surface area contributed by atoms with E-state index in [1.807, 2.05) is 0 Å². The molecule has 1 fully saturated rings. The summed E-state index contributed by atoms with van der Waals surface area (Å²) in [5.41, 5.74) is 1.41. The highest BCUT2D eigenvalue weighted by Gasteiger charge is 2.23. The first-order valence-electron chi connectivity index (χ1n) is 7.75. The van der Waals surface area contributed by atoms with Crippen molar-refractivity contribution in [2.75, 3.05) is 18.0 Å². The first kappa shape index (κ1) is 15.9. The zero-order valence-electron chi connectivity index (χ0n) is 13.1. The number of non-ortho nitro benzene ring substituents is 1. The summed E-state index contributed by atoms with van der Waals surface area (Å²) in [7, 11) is 0. The van der Waals surface area contributed by atoms with E-state index in [1.165, 1.54) is 12.1 Å². The summed E-state index contributed by atoms with van der Waals surface area (Å²) in [6, 6.07) is 9.66. The number of benzene rings is 1. The maximum atomic E-state index is 12.5. The zero-order valence-corrected chi connectivity index (χ0v) is 13.1. The van der Waals surface area contributed by atoms with Gasteiger partial charge in [0.05, 0.1) is 21.9 Å². The number of pyridine rings is 1. The molecular weight excluding hydrogens is 310 g/mol. The van der Waals surface area contributed by atoms with Crippen molar-refractivity contribution in [3.05, 3.63) is 64.0 Å². The van der Waals surface area contributed by atoms with Crippen molar-refractivity contribution < 1.29 is 14.5 Å². The van der Waals surface area contributed by atoms with Gasteiger partial charge in [0, 0.05) is 31.4 Å². The van der Waals surface area contributed by atoms with Crippen molar-refractivity contribution in [2.45, 2.75) is 19.4 Å². The van der Waals surface area contributed by atoms with Gasteiger partial charge >= 0.3 is 5.97 Å². The molecule has 0 aliphatic carbocycles. The van der Waals surface area contributed by atoms with Crippen molar-refractivity contribution in [1.29, 1.82) is 0 Å². The van der Waals surface area contributed by atoms with Crippen LogP contribution in [0.25, 0.3) is 0 Å². The Bertz CT molecular complexity index is 743. The van der Waals surface area contributed by atoms with Crippen LogP contribution in [0.4, 0.5) is 11.4 Å². The van der Waals surface area contributed by atoms with Gasteiger partial charge < -0.3 is 9.64 Å². The Morgan fingerprint density at radius 1 is 1.25 bits per heavy atom. The number of ether oxygens (including phenoxy) is 1. The Kier molecular flexibility index (Phi) is 4.69. The molecule has 0 amide bonds. The van der Waals surface area contributed by atoms with Gasteiger partial charge in [-0.25, -0.2) is 4.79 Å². The molecule has 7 nitrogen and oxygen atoms in total. The molecule has 2 heterocycles. The van der Waals surface area contributed by atoms with Crippen LogP contribution in [0.2, 0.25) is 0 Å². The molecule has 0 radical (unpaired) electrons. The first-order valence-corrected chi connectivity index (χ1v) is 7.75. The molecule has 1 saturated heterocycles. The molecule has 2 aromatic rings. The second kappa shape index (κ2) is 7.08. The molecule has 1 aliphatic heterocycles. The minimum Gasteiger partial charge on any atom is -0.456 e. The maximum absolute atomic E-state index is 12.5. The number of hydrogen-bond acceptors (Lipinski definition) is 6. The van der Waals surface area contributed by atoms with E-state index < -0.39 is 10.9 Å². The lowest BCUT2D eigenvalue weighted by molar-refractivity contribution is -0.384. The van der Waals surface area contributed by atoms with E-state index in [0.29, 0.717) is 11.4 Å². The SMILES string of the molecule is O=C(OCc1ccccn1)c1cc([N+](=O)[O-])ccc1N1CCCC1. The fraction of sp³-hybridized carbons (Fsp3) is 0.294. The number of anilines is 1. The van der Waals surface area contributed by atoms with Crippen LogP contribution in [0.5, 0.6) is 0 Å². The quantitative estimate of drug-likeness (QED) is 0.477. The first-order chi connectivity index (χ1) is 11.6. The number of hydrogen-bond donors (Lipinski definition) is 0. The second-order valence-corrected chi connectivity index (χ2v) is 5.55. The molecule has 1 aliphatic rings. The Labute approximate surface area is 139 Å². The van der Waals surface area contributed by atoms with E-state index in [9.17, 15) is 14.9 Å². The number of nitro benzene ring substituents is 1. The number of nitrogens with zero attached hydrogens (tertiary/aromatic N) is 3. The third-order valence-corrected chi connectivity index (χ3v) is 3.93. The predicted octanol–water partition coefficient (Wildman–Crippen LogP) is 2.95. The van der Waals surface area contributed by atoms with Gasteiger partial charge in [0.25, 0.3) is 5.69 Å². The molecule has 7 heteroatoms. The topological polar surface area (TPSA) is 85.6 Å². The molecule has 3 rings (SSSR count). The van der Waals surface area contributed by atoms with Crippen molar-refractivity contribution in [1.82, 2.24) is 4.98 Å². The smallest absolute Gasteiger partial charge is 0.340 e. The number of esters is 1. The lowest BCUT2D eigenvalue weighted by Crippen LogP contribution is -2.21. The summed E-state index contributed by atoms with van der Waals surface area (Å²) in [6.45, 7) is 1.69. The van der Waals surface area contributed by atoms with E-state index in [4.69, 9.17) is 4.74 Å². The number of aromatic nitrogens is 1. The fourth-order valence-corrected chi connectivity index (χ4v) is 2.74. The molecule has 0 atom stereocenters. The third kappa shape index (κ3) is 3.51. The largest absolute Gasteiger partial charge is 0.456 e. The Morgan fingerprint density at radius 3 is 2.71 bits per heavy atom. The lowest BCUT2D eigenvalue weighted by Gasteiger charge is -2.20.